The SMILES string of the molecule is C=C(Cl)C(=O)OCCc1ccc(Oc2cc3c4c(cc(Oc5ccc(CCOC(=O)C(=C)Cl)cc5)c5c6c(Oc7ccc(CCOC(=O)C(=C)Cl)cc7)cc7c8c(cc(Oc9ccc(CCOC(=O)C(=C)Cl)cc9)c(c2c45)c86)C(=O)N(CC(=O)N(CC)Cc2ccccc2)C7=O)C(=O)N(CC(=O)N(CC)Cc2ccccc2)C3=O)cc1. The number of carbonyl (C=O) groups is 10. The van der Waals surface area contributed by atoms with Crippen LogP contribution in [0.2, 0.25) is 0 Å². The number of hydrogen-bond acceptors (Lipinski definition) is 18. The lowest BCUT2D eigenvalue weighted by atomic mass is 9.80. The van der Waals surface area contributed by atoms with Crippen LogP contribution in [0.1, 0.15) is 88.7 Å². The molecule has 2 aliphatic heterocycles. The first kappa shape index (κ1) is 81.2. The highest BCUT2D eigenvalue weighted by molar-refractivity contribution is 6.46. The van der Waals surface area contributed by atoms with Gasteiger partial charge in [-0.2, -0.15) is 0 Å². The van der Waals surface area contributed by atoms with Crippen molar-refractivity contribution >= 4 is 149 Å². The van der Waals surface area contributed by atoms with Gasteiger partial charge in [0.2, 0.25) is 11.8 Å². The van der Waals surface area contributed by atoms with E-state index in [4.69, 9.17) is 84.3 Å². The second-order valence-corrected chi connectivity index (χ2v) is 28.8. The van der Waals surface area contributed by atoms with Crippen molar-refractivity contribution in [2.24, 2.45) is 0 Å². The number of imide groups is 2. The second kappa shape index (κ2) is 35.7. The van der Waals surface area contributed by atoms with E-state index >= 15 is 19.2 Å². The van der Waals surface area contributed by atoms with E-state index in [1.54, 1.807) is 111 Å². The molecule has 22 nitrogen and oxygen atoms in total. The quantitative estimate of drug-likeness (QED) is 0.00906. The van der Waals surface area contributed by atoms with Crippen molar-refractivity contribution < 1.29 is 85.8 Å². The summed E-state index contributed by atoms with van der Waals surface area (Å²) >= 11 is 23.3. The number of benzene rings is 11. The minimum atomic E-state index is -0.895. The highest BCUT2D eigenvalue weighted by atomic mass is 35.5. The summed E-state index contributed by atoms with van der Waals surface area (Å²) < 4.78 is 50.0. The van der Waals surface area contributed by atoms with Gasteiger partial charge in [0.15, 0.2) is 0 Å². The number of esters is 4. The van der Waals surface area contributed by atoms with Gasteiger partial charge in [0.05, 0.1) is 48.7 Å². The normalized spacial score (nSPS) is 12.2. The molecular weight excluding hydrogens is 1570 g/mol. The maximum Gasteiger partial charge on any atom is 0.349 e. The molecule has 13 rings (SSSR count). The van der Waals surface area contributed by atoms with Gasteiger partial charge < -0.3 is 47.7 Å². The van der Waals surface area contributed by atoms with Gasteiger partial charge in [-0.3, -0.25) is 38.6 Å². The van der Waals surface area contributed by atoms with E-state index in [1.807, 2.05) is 60.7 Å². The highest BCUT2D eigenvalue weighted by Crippen LogP contribution is 2.58. The summed E-state index contributed by atoms with van der Waals surface area (Å²) in [4.78, 5) is 148. The molecule has 0 radical (unpaired) electrons. The first-order chi connectivity index (χ1) is 55.9. The van der Waals surface area contributed by atoms with Crippen LogP contribution in [0, 0.1) is 0 Å². The average molecular weight is 1640 g/mol. The van der Waals surface area contributed by atoms with Gasteiger partial charge in [-0.05, 0) is 120 Å². The molecule has 0 atom stereocenters. The lowest BCUT2D eigenvalue weighted by molar-refractivity contribution is -0.139. The van der Waals surface area contributed by atoms with Crippen LogP contribution in [0.3, 0.4) is 0 Å². The number of halogens is 4. The van der Waals surface area contributed by atoms with Crippen LogP contribution < -0.4 is 18.9 Å². The summed E-state index contributed by atoms with van der Waals surface area (Å²) in [6.07, 6.45) is 0.910. The van der Waals surface area contributed by atoms with Crippen LogP contribution >= 0.6 is 46.4 Å². The molecule has 0 aliphatic carbocycles. The molecule has 0 N–H and O–H groups in total. The molecule has 0 fully saturated rings. The van der Waals surface area contributed by atoms with E-state index in [9.17, 15) is 28.8 Å². The van der Waals surface area contributed by atoms with Crippen LogP contribution in [0.4, 0.5) is 0 Å². The van der Waals surface area contributed by atoms with E-state index in [2.05, 4.69) is 26.3 Å². The van der Waals surface area contributed by atoms with Crippen molar-refractivity contribution in [2.75, 3.05) is 52.6 Å². The molecule has 11 aromatic carbocycles. The van der Waals surface area contributed by atoms with E-state index in [0.29, 0.717) is 22.3 Å². The summed E-state index contributed by atoms with van der Waals surface area (Å²) in [5.74, 6) is -7.50. The third kappa shape index (κ3) is 17.7. The van der Waals surface area contributed by atoms with Crippen molar-refractivity contribution in [3.8, 4) is 46.0 Å². The Balaban J connectivity index is 1.11. The predicted octanol–water partition coefficient (Wildman–Crippen LogP) is 17.5. The molecule has 0 aromatic heterocycles. The van der Waals surface area contributed by atoms with Crippen molar-refractivity contribution in [1.29, 1.82) is 0 Å². The summed E-state index contributed by atoms with van der Waals surface area (Å²) in [5, 5.41) is -0.397. The fourth-order valence-electron chi connectivity index (χ4n) is 13.8. The molecule has 11 aromatic rings. The zero-order chi connectivity index (χ0) is 82.2. The summed E-state index contributed by atoms with van der Waals surface area (Å²) in [6, 6.07) is 51.2. The topological polar surface area (TPSA) is 258 Å². The number of amides is 6. The second-order valence-electron chi connectivity index (χ2n) is 27.0. The lowest BCUT2D eigenvalue weighted by Crippen LogP contribution is -2.47. The summed E-state index contributed by atoms with van der Waals surface area (Å²) in [6.45, 7) is 16.3. The molecule has 0 bridgehead atoms. The monoisotopic (exact) mass is 1640 g/mol. The number of likely N-dealkylation sites (N-methyl/N-ethyl adjacent to an activating group) is 2. The van der Waals surface area contributed by atoms with Gasteiger partial charge in [0, 0.05) is 95.0 Å². The Morgan fingerprint density at radius 3 is 0.767 bits per heavy atom. The molecule has 2 heterocycles. The van der Waals surface area contributed by atoms with E-state index in [-0.39, 0.29) is 210 Å². The van der Waals surface area contributed by atoms with E-state index < -0.39 is 72.4 Å². The Hall–Kier alpha value is -12.9. The zero-order valence-electron chi connectivity index (χ0n) is 62.7. The maximum absolute atomic E-state index is 16.1. The first-order valence-corrected chi connectivity index (χ1v) is 38.2. The van der Waals surface area contributed by atoms with Crippen LogP contribution in [0.5, 0.6) is 46.0 Å². The smallest absolute Gasteiger partial charge is 0.349 e. The maximum atomic E-state index is 16.1. The molecule has 0 saturated carbocycles. The Morgan fingerprint density at radius 2 is 0.552 bits per heavy atom. The summed E-state index contributed by atoms with van der Waals surface area (Å²) in [5.41, 5.74) is 3.87. The van der Waals surface area contributed by atoms with Gasteiger partial charge in [0.25, 0.3) is 23.6 Å². The minimum Gasteiger partial charge on any atom is -0.461 e. The Kier molecular flexibility index (Phi) is 25.0. The predicted molar refractivity (Wildman–Crippen MR) is 438 cm³/mol. The van der Waals surface area contributed by atoms with Crippen molar-refractivity contribution in [3.63, 3.8) is 0 Å². The molecule has 26 heteroatoms. The minimum absolute atomic E-state index is 0.0495. The number of hydrogen-bond donors (Lipinski definition) is 0. The Morgan fingerprint density at radius 1 is 0.319 bits per heavy atom. The number of rotatable bonds is 34. The number of carbonyl (C=O) groups excluding carboxylic acids is 10. The third-order valence-corrected chi connectivity index (χ3v) is 20.2. The molecule has 0 unspecified atom stereocenters. The van der Waals surface area contributed by atoms with Crippen LogP contribution in [-0.2, 0) is 86.5 Å². The van der Waals surface area contributed by atoms with Gasteiger partial charge in [-0.15, -0.1) is 0 Å². The third-order valence-electron chi connectivity index (χ3n) is 19.5. The van der Waals surface area contributed by atoms with Crippen molar-refractivity contribution in [3.05, 3.63) is 284 Å². The molecular formula is C90H72Cl4N4O18. The number of fused-ring (bicyclic) bond motifs is 2. The molecule has 2 aliphatic rings. The molecule has 0 saturated heterocycles. The Labute approximate surface area is 685 Å². The van der Waals surface area contributed by atoms with E-state index in [0.717, 1.165) is 20.9 Å². The Bertz CT molecular complexity index is 5180. The number of nitrogens with zero attached hydrogens (tertiary/aromatic N) is 4. The van der Waals surface area contributed by atoms with Gasteiger partial charge in [0.1, 0.15) is 79.2 Å². The van der Waals surface area contributed by atoms with Gasteiger partial charge >= 0.3 is 23.9 Å². The fraction of sp³-hybridized carbons (Fsp3) is 0.178. The molecule has 0 spiro atoms. The van der Waals surface area contributed by atoms with Gasteiger partial charge in [-0.25, -0.2) is 19.2 Å². The zero-order valence-corrected chi connectivity index (χ0v) is 65.7. The number of ether oxygens (including phenoxy) is 8. The van der Waals surface area contributed by atoms with Crippen molar-refractivity contribution in [1.82, 2.24) is 19.6 Å². The van der Waals surface area contributed by atoms with Crippen LogP contribution in [0.25, 0.3) is 43.1 Å². The highest BCUT2D eigenvalue weighted by Gasteiger charge is 2.43. The summed E-state index contributed by atoms with van der Waals surface area (Å²) in [7, 11) is 0. The molecule has 6 amide bonds. The largest absolute Gasteiger partial charge is 0.461 e. The molecule has 588 valence electrons. The fourth-order valence-corrected chi connectivity index (χ4v) is 14.0. The average Bonchev–Trinajstić information content (AvgIpc) is 0.671. The van der Waals surface area contributed by atoms with Crippen molar-refractivity contribution in [2.45, 2.75) is 52.6 Å². The van der Waals surface area contributed by atoms with E-state index in [1.165, 1.54) is 34.1 Å². The van der Waals surface area contributed by atoms with Crippen LogP contribution in [0.15, 0.2) is 228 Å². The standard InChI is InChI=1S/C90H72Cl4N4O18/c1-7-95(47-59-15-11-9-12-16-59)73(99)49-97-83(101)65-43-69(113-61-27-19-55(20-28-61)35-39-109-87(105)51(3)91)77-79-71(115-63-31-23-57(24-32-63)37-41-111-89(107)53(5)93)45-67-76-68(86(104)98(85(67)103)50-74(100)96(8-2)48-60-17-13-10-14-18-60)46-72(116-64-33-25-58(26-34-64)38-42-112-90(108)54(6)94)80(82(76)79)78-70(44-66(84(97)102)75(65)81(77)78)114-62-29-21-56(22-30-62)36-40-110-88(106)52(4)92/h9-34,43-46H,3-8,35-42,47-50H2,1-2H3. The van der Waals surface area contributed by atoms with Crippen LogP contribution in [-0.4, -0.2) is 132 Å². The first-order valence-electron chi connectivity index (χ1n) is 36.7. The molecule has 116 heavy (non-hydrogen) atoms. The van der Waals surface area contributed by atoms with Gasteiger partial charge in [-0.1, -0.05) is 182 Å². The lowest BCUT2D eigenvalue weighted by Gasteiger charge is -2.33.